The van der Waals surface area contributed by atoms with E-state index in [0.717, 1.165) is 23.0 Å². The highest BCUT2D eigenvalue weighted by Gasteiger charge is 2.26. The van der Waals surface area contributed by atoms with Crippen molar-refractivity contribution in [3.05, 3.63) is 73.6 Å². The minimum atomic E-state index is -0.879. The number of nitrogens with zero attached hydrogens (tertiary/aromatic N) is 3. The molecule has 3 N–H and O–H groups in total. The third kappa shape index (κ3) is 3.72. The maximum atomic E-state index is 12.5. The van der Waals surface area contributed by atoms with E-state index in [9.17, 15) is 25.0 Å². The zero-order valence-electron chi connectivity index (χ0n) is 13.5. The number of nitro groups is 2. The van der Waals surface area contributed by atoms with Crippen LogP contribution in [0.1, 0.15) is 10.4 Å². The summed E-state index contributed by atoms with van der Waals surface area (Å²) in [5.74, 6) is -0.826. The van der Waals surface area contributed by atoms with E-state index in [1.807, 2.05) is 30.3 Å². The van der Waals surface area contributed by atoms with Crippen LogP contribution in [-0.4, -0.2) is 20.7 Å². The smallest absolute Gasteiger partial charge is 0.299 e. The van der Waals surface area contributed by atoms with Gasteiger partial charge in [0.05, 0.1) is 27.2 Å². The minimum Gasteiger partial charge on any atom is -0.392 e. The number of rotatable bonds is 5. The normalized spacial score (nSPS) is 10.4. The molecule has 0 bridgehead atoms. The Morgan fingerprint density at radius 2 is 1.81 bits per heavy atom. The van der Waals surface area contributed by atoms with E-state index in [4.69, 9.17) is 5.73 Å². The fourth-order valence-corrected chi connectivity index (χ4v) is 3.02. The summed E-state index contributed by atoms with van der Waals surface area (Å²) >= 11 is 1.14. The third-order valence-corrected chi connectivity index (χ3v) is 4.35. The Bertz CT molecular complexity index is 1050. The van der Waals surface area contributed by atoms with E-state index >= 15 is 0 Å². The van der Waals surface area contributed by atoms with Crippen LogP contribution in [0.15, 0.2) is 47.8 Å². The Morgan fingerprint density at radius 3 is 2.44 bits per heavy atom. The highest BCUT2D eigenvalue weighted by molar-refractivity contribution is 7.14. The van der Waals surface area contributed by atoms with Gasteiger partial charge in [0, 0.05) is 17.0 Å². The number of anilines is 2. The van der Waals surface area contributed by atoms with Crippen molar-refractivity contribution in [1.82, 2.24) is 4.98 Å². The van der Waals surface area contributed by atoms with Crippen molar-refractivity contribution in [2.75, 3.05) is 11.1 Å². The van der Waals surface area contributed by atoms with Crippen LogP contribution in [0.2, 0.25) is 0 Å². The van der Waals surface area contributed by atoms with Crippen LogP contribution in [0.25, 0.3) is 11.3 Å². The molecule has 3 aromatic rings. The number of carbonyl (C=O) groups excluding carboxylic acids is 1. The molecule has 0 aliphatic carbocycles. The molecule has 0 saturated heterocycles. The monoisotopic (exact) mass is 385 g/mol. The SMILES string of the molecule is Nc1c(C(=O)Nc2nc(-c3ccccc3)cs2)cc([N+](=O)[O-])cc1[N+](=O)[O-]. The Balaban J connectivity index is 1.92. The lowest BCUT2D eigenvalue weighted by Gasteiger charge is -2.06. The largest absolute Gasteiger partial charge is 0.392 e. The van der Waals surface area contributed by atoms with Crippen LogP contribution in [-0.2, 0) is 0 Å². The Kier molecular flexibility index (Phi) is 4.77. The maximum absolute atomic E-state index is 12.5. The molecule has 0 saturated carbocycles. The number of benzene rings is 2. The molecule has 1 amide bonds. The number of thiazole rings is 1. The highest BCUT2D eigenvalue weighted by atomic mass is 32.1. The predicted molar refractivity (Wildman–Crippen MR) is 99.7 cm³/mol. The van der Waals surface area contributed by atoms with Gasteiger partial charge in [-0.05, 0) is 0 Å². The second-order valence-electron chi connectivity index (χ2n) is 5.30. The summed E-state index contributed by atoms with van der Waals surface area (Å²) in [6, 6.07) is 10.8. The van der Waals surface area contributed by atoms with Crippen molar-refractivity contribution < 1.29 is 14.6 Å². The van der Waals surface area contributed by atoms with Gasteiger partial charge in [0.2, 0.25) is 0 Å². The lowest BCUT2D eigenvalue weighted by Crippen LogP contribution is -2.15. The summed E-state index contributed by atoms with van der Waals surface area (Å²) in [6.45, 7) is 0. The van der Waals surface area contributed by atoms with Crippen molar-refractivity contribution in [3.8, 4) is 11.3 Å². The Hall–Kier alpha value is -3.86. The molecule has 0 atom stereocenters. The van der Waals surface area contributed by atoms with Gasteiger partial charge < -0.3 is 5.73 Å². The number of carbonyl (C=O) groups is 1. The average molecular weight is 385 g/mol. The molecule has 10 nitrogen and oxygen atoms in total. The summed E-state index contributed by atoms with van der Waals surface area (Å²) in [5, 5.41) is 26.5. The van der Waals surface area contributed by atoms with Crippen LogP contribution >= 0.6 is 11.3 Å². The van der Waals surface area contributed by atoms with E-state index in [-0.39, 0.29) is 10.7 Å². The third-order valence-electron chi connectivity index (χ3n) is 3.59. The molecule has 0 radical (unpaired) electrons. The number of aromatic nitrogens is 1. The first-order chi connectivity index (χ1) is 12.9. The molecule has 0 unspecified atom stereocenters. The van der Waals surface area contributed by atoms with Crippen LogP contribution in [0, 0.1) is 20.2 Å². The number of nitro benzene ring substituents is 2. The summed E-state index contributed by atoms with van der Waals surface area (Å²) in [6.07, 6.45) is 0. The Labute approximate surface area is 155 Å². The van der Waals surface area contributed by atoms with Gasteiger partial charge in [-0.25, -0.2) is 4.98 Å². The predicted octanol–water partition coefficient (Wildman–Crippen LogP) is 3.46. The molecular formula is C16H11N5O5S. The number of hydrogen-bond acceptors (Lipinski definition) is 8. The molecule has 1 aromatic heterocycles. The highest BCUT2D eigenvalue weighted by Crippen LogP contribution is 2.32. The lowest BCUT2D eigenvalue weighted by molar-refractivity contribution is -0.393. The molecule has 0 fully saturated rings. The summed E-state index contributed by atoms with van der Waals surface area (Å²) < 4.78 is 0. The first-order valence-electron chi connectivity index (χ1n) is 7.41. The second-order valence-corrected chi connectivity index (χ2v) is 6.16. The number of hydrogen-bond donors (Lipinski definition) is 2. The van der Waals surface area contributed by atoms with Crippen molar-refractivity contribution in [3.63, 3.8) is 0 Å². The molecule has 0 aliphatic rings. The quantitative estimate of drug-likeness (QED) is 0.387. The number of nitrogen functional groups attached to an aromatic ring is 1. The average Bonchev–Trinajstić information content (AvgIpc) is 3.10. The molecule has 0 spiro atoms. The van der Waals surface area contributed by atoms with E-state index in [0.29, 0.717) is 11.8 Å². The molecule has 27 heavy (non-hydrogen) atoms. The number of nitrogens with two attached hydrogens (primary N) is 1. The molecule has 136 valence electrons. The zero-order chi connectivity index (χ0) is 19.6. The molecule has 1 heterocycles. The summed E-state index contributed by atoms with van der Waals surface area (Å²) in [7, 11) is 0. The first kappa shape index (κ1) is 17.9. The Morgan fingerprint density at radius 1 is 1.11 bits per heavy atom. The van der Waals surface area contributed by atoms with Crippen LogP contribution < -0.4 is 11.1 Å². The van der Waals surface area contributed by atoms with Gasteiger partial charge in [-0.15, -0.1) is 11.3 Å². The first-order valence-corrected chi connectivity index (χ1v) is 8.29. The second kappa shape index (κ2) is 7.17. The standard InChI is InChI=1S/C16H11N5O5S/c17-14-11(6-10(20(23)24)7-13(14)21(25)26)15(22)19-16-18-12(8-27-16)9-4-2-1-3-5-9/h1-8H,17H2,(H,18,19,22). The fourth-order valence-electron chi connectivity index (χ4n) is 2.30. The van der Waals surface area contributed by atoms with E-state index in [1.54, 1.807) is 5.38 Å². The van der Waals surface area contributed by atoms with Gasteiger partial charge in [-0.1, -0.05) is 30.3 Å². The molecule has 11 heteroatoms. The van der Waals surface area contributed by atoms with Gasteiger partial charge >= 0.3 is 0 Å². The molecular weight excluding hydrogens is 374 g/mol. The van der Waals surface area contributed by atoms with Crippen molar-refractivity contribution >= 4 is 39.4 Å². The van der Waals surface area contributed by atoms with Crippen molar-refractivity contribution in [1.29, 1.82) is 0 Å². The molecule has 0 aliphatic heterocycles. The topological polar surface area (TPSA) is 154 Å². The van der Waals surface area contributed by atoms with Crippen LogP contribution in [0.4, 0.5) is 22.2 Å². The number of amides is 1. The summed E-state index contributed by atoms with van der Waals surface area (Å²) in [5.41, 5.74) is 5.00. The van der Waals surface area contributed by atoms with Crippen molar-refractivity contribution in [2.24, 2.45) is 0 Å². The zero-order valence-corrected chi connectivity index (χ0v) is 14.3. The maximum Gasteiger partial charge on any atom is 0.299 e. The number of non-ortho nitro benzene ring substituents is 1. The number of nitrogens with one attached hydrogen (secondary N) is 1. The summed E-state index contributed by atoms with van der Waals surface area (Å²) in [4.78, 5) is 37.0. The molecule has 3 rings (SSSR count). The van der Waals surface area contributed by atoms with E-state index < -0.39 is 32.8 Å². The minimum absolute atomic E-state index is 0.229. The van der Waals surface area contributed by atoms with Gasteiger partial charge in [-0.2, -0.15) is 0 Å². The van der Waals surface area contributed by atoms with Gasteiger partial charge in [0.1, 0.15) is 5.69 Å². The van der Waals surface area contributed by atoms with Gasteiger partial charge in [0.15, 0.2) is 5.13 Å². The van der Waals surface area contributed by atoms with Gasteiger partial charge in [-0.3, -0.25) is 30.3 Å². The van der Waals surface area contributed by atoms with E-state index in [1.165, 1.54) is 0 Å². The van der Waals surface area contributed by atoms with E-state index in [2.05, 4.69) is 10.3 Å². The lowest BCUT2D eigenvalue weighted by atomic mass is 10.1. The fraction of sp³-hybridized carbons (Fsp3) is 0. The van der Waals surface area contributed by atoms with Crippen molar-refractivity contribution in [2.45, 2.75) is 0 Å². The van der Waals surface area contributed by atoms with Gasteiger partial charge in [0.25, 0.3) is 17.3 Å². The van der Waals surface area contributed by atoms with Crippen LogP contribution in [0.5, 0.6) is 0 Å². The molecule has 2 aromatic carbocycles. The van der Waals surface area contributed by atoms with Crippen LogP contribution in [0.3, 0.4) is 0 Å².